The Morgan fingerprint density at radius 3 is 1.92 bits per heavy atom. The second-order valence-corrected chi connectivity index (χ2v) is 11.5. The molecular formula is C32H17NO3Se. The molecule has 0 spiro atoms. The third-order valence-corrected chi connectivity index (χ3v) is 9.57. The molecule has 3 aromatic heterocycles. The maximum absolute atomic E-state index is 13.8. The number of fused-ring (bicyclic) bond motifs is 7. The zero-order valence-electron chi connectivity index (χ0n) is 19.4. The van der Waals surface area contributed by atoms with E-state index in [0.717, 1.165) is 41.4 Å². The van der Waals surface area contributed by atoms with Crippen LogP contribution in [0.25, 0.3) is 68.7 Å². The average molecular weight is 542 g/mol. The summed E-state index contributed by atoms with van der Waals surface area (Å²) in [5, 5.41) is 4.69. The number of benzene rings is 5. The molecule has 0 atom stereocenters. The van der Waals surface area contributed by atoms with Gasteiger partial charge in [0.1, 0.15) is 0 Å². The second-order valence-electron chi connectivity index (χ2n) is 9.23. The van der Waals surface area contributed by atoms with Crippen LogP contribution in [0.1, 0.15) is 0 Å². The van der Waals surface area contributed by atoms with Crippen LogP contribution in [-0.2, 0) is 0 Å². The maximum atomic E-state index is 13.8. The Bertz CT molecular complexity index is 2300. The predicted molar refractivity (Wildman–Crippen MR) is 153 cm³/mol. The van der Waals surface area contributed by atoms with Gasteiger partial charge in [-0.2, -0.15) is 0 Å². The van der Waals surface area contributed by atoms with E-state index in [1.54, 1.807) is 6.07 Å². The fourth-order valence-corrected chi connectivity index (χ4v) is 7.81. The van der Waals surface area contributed by atoms with E-state index in [0.29, 0.717) is 27.3 Å². The molecule has 0 unspecified atom stereocenters. The van der Waals surface area contributed by atoms with E-state index in [1.165, 1.54) is 0 Å². The predicted octanol–water partition coefficient (Wildman–Crippen LogP) is 6.77. The van der Waals surface area contributed by atoms with Crippen LogP contribution in [0.5, 0.6) is 0 Å². The molecule has 0 saturated carbocycles. The average Bonchev–Trinajstić information content (AvgIpc) is 3.27. The van der Waals surface area contributed by atoms with Crippen LogP contribution in [0.3, 0.4) is 0 Å². The summed E-state index contributed by atoms with van der Waals surface area (Å²) < 4.78 is 10.6. The molecular weight excluding hydrogens is 525 g/mol. The van der Waals surface area contributed by atoms with Crippen LogP contribution in [0, 0.1) is 0 Å². The molecule has 0 aliphatic rings. The molecule has 0 bridgehead atoms. The normalized spacial score (nSPS) is 12.0. The molecule has 174 valence electrons. The van der Waals surface area contributed by atoms with Crippen molar-refractivity contribution < 1.29 is 4.42 Å². The van der Waals surface area contributed by atoms with E-state index in [9.17, 15) is 9.59 Å². The van der Waals surface area contributed by atoms with Gasteiger partial charge in [0, 0.05) is 0 Å². The monoisotopic (exact) mass is 543 g/mol. The third-order valence-electron chi connectivity index (χ3n) is 7.19. The fourth-order valence-electron chi connectivity index (χ4n) is 5.51. The minimum absolute atomic E-state index is 0.0148. The van der Waals surface area contributed by atoms with Crippen molar-refractivity contribution in [3.8, 4) is 5.69 Å². The Hall–Kier alpha value is -4.44. The molecule has 8 rings (SSSR count). The van der Waals surface area contributed by atoms with Crippen molar-refractivity contribution in [2.75, 3.05) is 0 Å². The van der Waals surface area contributed by atoms with Gasteiger partial charge in [-0.25, -0.2) is 0 Å². The van der Waals surface area contributed by atoms with Crippen molar-refractivity contribution >= 4 is 77.5 Å². The zero-order chi connectivity index (χ0) is 24.7. The molecule has 0 N–H and O–H groups in total. The first-order valence-electron chi connectivity index (χ1n) is 12.0. The molecule has 5 heteroatoms. The summed E-state index contributed by atoms with van der Waals surface area (Å²) in [7, 11) is 0. The molecule has 0 aliphatic heterocycles. The topological polar surface area (TPSA) is 52.2 Å². The van der Waals surface area contributed by atoms with Gasteiger partial charge in [0.25, 0.3) is 0 Å². The Labute approximate surface area is 215 Å². The third kappa shape index (κ3) is 2.84. The summed E-state index contributed by atoms with van der Waals surface area (Å²) in [4.78, 5) is 27.1. The van der Waals surface area contributed by atoms with Crippen molar-refractivity contribution in [3.05, 3.63) is 124 Å². The molecule has 0 radical (unpaired) electrons. The van der Waals surface area contributed by atoms with Gasteiger partial charge in [0.05, 0.1) is 0 Å². The summed E-state index contributed by atoms with van der Waals surface area (Å²) in [6.45, 7) is 0. The van der Waals surface area contributed by atoms with Crippen LogP contribution in [0.2, 0.25) is 0 Å². The van der Waals surface area contributed by atoms with Crippen LogP contribution in [-0.4, -0.2) is 19.1 Å². The van der Waals surface area contributed by atoms with Crippen LogP contribution >= 0.6 is 0 Å². The van der Waals surface area contributed by atoms with Crippen molar-refractivity contribution in [2.24, 2.45) is 0 Å². The second kappa shape index (κ2) is 7.53. The van der Waals surface area contributed by atoms with Crippen LogP contribution in [0.15, 0.2) is 117 Å². The van der Waals surface area contributed by atoms with Gasteiger partial charge in [0.15, 0.2) is 0 Å². The minimum atomic E-state index is -0.0798. The molecule has 4 nitrogen and oxygen atoms in total. The molecule has 0 amide bonds. The number of para-hydroxylation sites is 3. The number of rotatable bonds is 1. The SMILES string of the molecule is O=c1c2ccccc2[se]c2cc3c(=O)c4cccc(-n5c6ccccc6c6ccccc65)c4oc3cc12. The molecule has 8 aromatic rings. The van der Waals surface area contributed by atoms with E-state index in [2.05, 4.69) is 28.8 Å². The van der Waals surface area contributed by atoms with E-state index in [4.69, 9.17) is 4.42 Å². The quantitative estimate of drug-likeness (QED) is 0.170. The number of hydrogen-bond donors (Lipinski definition) is 0. The van der Waals surface area contributed by atoms with E-state index in [1.807, 2.05) is 72.8 Å². The first kappa shape index (κ1) is 20.7. The zero-order valence-corrected chi connectivity index (χ0v) is 21.1. The van der Waals surface area contributed by atoms with Gasteiger partial charge in [-0.15, -0.1) is 0 Å². The Morgan fingerprint density at radius 2 is 1.16 bits per heavy atom. The van der Waals surface area contributed by atoms with Gasteiger partial charge >= 0.3 is 216 Å². The van der Waals surface area contributed by atoms with Gasteiger partial charge < -0.3 is 0 Å². The Morgan fingerprint density at radius 1 is 0.541 bits per heavy atom. The first-order valence-corrected chi connectivity index (χ1v) is 13.7. The Kier molecular flexibility index (Phi) is 4.22. The summed E-state index contributed by atoms with van der Waals surface area (Å²) in [5.41, 5.74) is 3.74. The first-order chi connectivity index (χ1) is 18.2. The fraction of sp³-hybridized carbons (Fsp3) is 0. The molecule has 3 heterocycles. The van der Waals surface area contributed by atoms with Gasteiger partial charge in [-0.3, -0.25) is 0 Å². The molecule has 37 heavy (non-hydrogen) atoms. The number of nitrogens with zero attached hydrogens (tertiary/aromatic N) is 1. The van der Waals surface area contributed by atoms with Crippen molar-refractivity contribution in [3.63, 3.8) is 0 Å². The standard InChI is InChI=1S/C32H17NO3Se/c34-30-20-10-3-6-15-28(20)37-29-17-22-27(16-23(29)30)36-32-21(31(22)35)11-7-14-26(32)33-24-12-4-1-8-18(24)19-9-2-5-13-25(19)33/h1-17H. The van der Waals surface area contributed by atoms with Gasteiger partial charge in [0.2, 0.25) is 0 Å². The van der Waals surface area contributed by atoms with Crippen molar-refractivity contribution in [2.45, 2.75) is 0 Å². The Balaban J connectivity index is 1.53. The van der Waals surface area contributed by atoms with E-state index in [-0.39, 0.29) is 25.4 Å². The molecule has 0 aliphatic carbocycles. The van der Waals surface area contributed by atoms with Crippen LogP contribution in [0.4, 0.5) is 0 Å². The van der Waals surface area contributed by atoms with Gasteiger partial charge in [-0.1, -0.05) is 0 Å². The summed E-state index contributed by atoms with van der Waals surface area (Å²) in [6.07, 6.45) is 0. The summed E-state index contributed by atoms with van der Waals surface area (Å²) in [5.74, 6) is 0. The number of hydrogen-bond acceptors (Lipinski definition) is 3. The number of aromatic nitrogens is 1. The van der Waals surface area contributed by atoms with Gasteiger partial charge in [-0.05, 0) is 0 Å². The van der Waals surface area contributed by atoms with E-state index < -0.39 is 0 Å². The summed E-state index contributed by atoms with van der Waals surface area (Å²) >= 11 is -0.0553. The molecule has 0 fully saturated rings. The van der Waals surface area contributed by atoms with Crippen LogP contribution < -0.4 is 10.9 Å². The van der Waals surface area contributed by atoms with Crippen molar-refractivity contribution in [1.29, 1.82) is 0 Å². The summed E-state index contributed by atoms with van der Waals surface area (Å²) in [6, 6.07) is 33.6. The molecule has 0 saturated heterocycles. The van der Waals surface area contributed by atoms with E-state index >= 15 is 0 Å². The van der Waals surface area contributed by atoms with Crippen molar-refractivity contribution in [1.82, 2.24) is 4.57 Å². The molecule has 5 aromatic carbocycles.